The Morgan fingerprint density at radius 1 is 1.14 bits per heavy atom. The van der Waals surface area contributed by atoms with E-state index < -0.39 is 5.97 Å². The van der Waals surface area contributed by atoms with Gasteiger partial charge in [0.15, 0.2) is 5.76 Å². The molecule has 4 nitrogen and oxygen atoms in total. The van der Waals surface area contributed by atoms with Gasteiger partial charge < -0.3 is 13.9 Å². The van der Waals surface area contributed by atoms with Crippen LogP contribution in [0.5, 0.6) is 5.75 Å². The third-order valence-electron chi connectivity index (χ3n) is 3.25. The highest BCUT2D eigenvalue weighted by molar-refractivity contribution is 7.13. The summed E-state index contributed by atoms with van der Waals surface area (Å²) in [6.45, 7) is 0. The summed E-state index contributed by atoms with van der Waals surface area (Å²) < 4.78 is 16.1. The van der Waals surface area contributed by atoms with Crippen LogP contribution in [-0.4, -0.2) is 20.2 Å². The lowest BCUT2D eigenvalue weighted by Crippen LogP contribution is -2.00. The van der Waals surface area contributed by atoms with E-state index in [-0.39, 0.29) is 0 Å². The zero-order valence-electron chi connectivity index (χ0n) is 12.2. The minimum Gasteiger partial charge on any atom is -0.496 e. The molecule has 0 atom stereocenters. The van der Waals surface area contributed by atoms with Crippen molar-refractivity contribution in [1.29, 1.82) is 0 Å². The number of hydrogen-bond donors (Lipinski definition) is 0. The summed E-state index contributed by atoms with van der Waals surface area (Å²) in [5, 5.41) is 1.93. The minimum absolute atomic E-state index is 0.408. The lowest BCUT2D eigenvalue weighted by molar-refractivity contribution is 0.0601. The fraction of sp³-hybridized carbons (Fsp3) is 0.118. The summed E-state index contributed by atoms with van der Waals surface area (Å²) >= 11 is 1.50. The molecule has 0 amide bonds. The van der Waals surface area contributed by atoms with Crippen molar-refractivity contribution in [3.05, 3.63) is 53.4 Å². The van der Waals surface area contributed by atoms with E-state index in [0.29, 0.717) is 22.8 Å². The average molecular weight is 314 g/mol. The second kappa shape index (κ2) is 6.07. The maximum Gasteiger partial charge on any atom is 0.341 e. The highest BCUT2D eigenvalue weighted by Gasteiger charge is 2.22. The van der Waals surface area contributed by atoms with Gasteiger partial charge in [0, 0.05) is 0 Å². The topological polar surface area (TPSA) is 48.7 Å². The van der Waals surface area contributed by atoms with E-state index in [1.807, 2.05) is 41.8 Å². The first-order chi connectivity index (χ1) is 10.7. The van der Waals surface area contributed by atoms with Crippen molar-refractivity contribution in [2.24, 2.45) is 0 Å². The van der Waals surface area contributed by atoms with Crippen LogP contribution in [0.3, 0.4) is 0 Å². The molecule has 5 heteroatoms. The van der Waals surface area contributed by atoms with Gasteiger partial charge in [0.25, 0.3) is 0 Å². The summed E-state index contributed by atoms with van der Waals surface area (Å²) in [6.07, 6.45) is 0. The first kappa shape index (κ1) is 14.4. The van der Waals surface area contributed by atoms with Crippen LogP contribution >= 0.6 is 11.3 Å². The van der Waals surface area contributed by atoms with Crippen molar-refractivity contribution < 1.29 is 18.7 Å². The number of methoxy groups -OCH3 is 2. The molecule has 0 spiro atoms. The van der Waals surface area contributed by atoms with E-state index in [9.17, 15) is 4.79 Å². The lowest BCUT2D eigenvalue weighted by Gasteiger charge is -2.04. The summed E-state index contributed by atoms with van der Waals surface area (Å²) in [6, 6.07) is 13.0. The molecule has 22 heavy (non-hydrogen) atoms. The van der Waals surface area contributed by atoms with Crippen molar-refractivity contribution in [1.82, 2.24) is 0 Å². The number of furan rings is 1. The Morgan fingerprint density at radius 3 is 2.64 bits per heavy atom. The maximum atomic E-state index is 12.0. The zero-order chi connectivity index (χ0) is 15.5. The number of hydrogen-bond acceptors (Lipinski definition) is 5. The van der Waals surface area contributed by atoms with Gasteiger partial charge in [0.05, 0.1) is 24.7 Å². The molecular weight excluding hydrogens is 300 g/mol. The standard InChI is InChI=1S/C17H14O4S/c1-19-13-7-4-3-6-11(13)14-10-12(17(18)20-2)16(21-14)15-8-5-9-22-15/h3-10H,1-2H3. The zero-order valence-corrected chi connectivity index (χ0v) is 13.0. The fourth-order valence-electron chi connectivity index (χ4n) is 2.22. The molecule has 0 N–H and O–H groups in total. The molecular formula is C17H14O4S. The van der Waals surface area contributed by atoms with Gasteiger partial charge in [-0.2, -0.15) is 0 Å². The van der Waals surface area contributed by atoms with Gasteiger partial charge in [-0.3, -0.25) is 0 Å². The fourth-order valence-corrected chi connectivity index (χ4v) is 2.94. The van der Waals surface area contributed by atoms with Crippen molar-refractivity contribution >= 4 is 17.3 Å². The second-order valence-electron chi connectivity index (χ2n) is 4.52. The number of carbonyl (C=O) groups excluding carboxylic acids is 1. The first-order valence-electron chi connectivity index (χ1n) is 6.64. The Morgan fingerprint density at radius 2 is 1.95 bits per heavy atom. The van der Waals surface area contributed by atoms with Crippen LogP contribution in [0.15, 0.2) is 52.3 Å². The predicted octanol–water partition coefficient (Wildman–Crippen LogP) is 4.47. The number of thiophene rings is 1. The van der Waals surface area contributed by atoms with E-state index >= 15 is 0 Å². The molecule has 0 bridgehead atoms. The third-order valence-corrected chi connectivity index (χ3v) is 4.12. The Hall–Kier alpha value is -2.53. The van der Waals surface area contributed by atoms with Gasteiger partial charge in [0.2, 0.25) is 0 Å². The van der Waals surface area contributed by atoms with Crippen LogP contribution in [0.25, 0.3) is 22.0 Å². The Kier molecular flexibility index (Phi) is 3.98. The Labute approximate surface area is 131 Å². The van der Waals surface area contributed by atoms with Crippen LogP contribution in [-0.2, 0) is 4.74 Å². The summed E-state index contributed by atoms with van der Waals surface area (Å²) in [5.74, 6) is 1.35. The largest absolute Gasteiger partial charge is 0.496 e. The lowest BCUT2D eigenvalue weighted by atomic mass is 10.1. The number of benzene rings is 1. The van der Waals surface area contributed by atoms with E-state index in [4.69, 9.17) is 13.9 Å². The predicted molar refractivity (Wildman–Crippen MR) is 85.3 cm³/mol. The smallest absolute Gasteiger partial charge is 0.341 e. The molecule has 112 valence electrons. The van der Waals surface area contributed by atoms with Crippen LogP contribution in [0.1, 0.15) is 10.4 Å². The quantitative estimate of drug-likeness (QED) is 0.667. The second-order valence-corrected chi connectivity index (χ2v) is 5.47. The molecule has 0 saturated heterocycles. The van der Waals surface area contributed by atoms with E-state index in [1.54, 1.807) is 13.2 Å². The van der Waals surface area contributed by atoms with Crippen LogP contribution in [0.4, 0.5) is 0 Å². The van der Waals surface area contributed by atoms with Gasteiger partial charge in [-0.15, -0.1) is 11.3 Å². The van der Waals surface area contributed by atoms with Gasteiger partial charge >= 0.3 is 5.97 Å². The van der Waals surface area contributed by atoms with Crippen molar-refractivity contribution in [2.75, 3.05) is 14.2 Å². The third kappa shape index (κ3) is 2.51. The SMILES string of the molecule is COC(=O)c1cc(-c2ccccc2OC)oc1-c1cccs1. The molecule has 0 aliphatic heterocycles. The molecule has 0 aliphatic carbocycles. The van der Waals surface area contributed by atoms with Crippen molar-refractivity contribution in [3.63, 3.8) is 0 Å². The number of esters is 1. The van der Waals surface area contributed by atoms with Crippen molar-refractivity contribution in [2.45, 2.75) is 0 Å². The highest BCUT2D eigenvalue weighted by atomic mass is 32.1. The number of ether oxygens (including phenoxy) is 2. The molecule has 1 aromatic carbocycles. The molecule has 2 heterocycles. The number of rotatable bonds is 4. The Balaban J connectivity index is 2.16. The average Bonchev–Trinajstić information content (AvgIpc) is 3.23. The van der Waals surface area contributed by atoms with Crippen LogP contribution < -0.4 is 4.74 Å². The van der Waals surface area contributed by atoms with Crippen LogP contribution in [0.2, 0.25) is 0 Å². The van der Waals surface area contributed by atoms with Gasteiger partial charge in [-0.25, -0.2) is 4.79 Å². The van der Waals surface area contributed by atoms with Gasteiger partial charge in [-0.1, -0.05) is 18.2 Å². The monoisotopic (exact) mass is 314 g/mol. The van der Waals surface area contributed by atoms with Gasteiger partial charge in [-0.05, 0) is 29.6 Å². The van der Waals surface area contributed by atoms with E-state index in [2.05, 4.69) is 0 Å². The van der Waals surface area contributed by atoms with Crippen molar-refractivity contribution in [3.8, 4) is 27.7 Å². The normalized spacial score (nSPS) is 10.5. The molecule has 0 saturated carbocycles. The Bertz CT molecular complexity index is 787. The molecule has 0 aliphatic rings. The summed E-state index contributed by atoms with van der Waals surface area (Å²) in [7, 11) is 2.96. The summed E-state index contributed by atoms with van der Waals surface area (Å²) in [4.78, 5) is 12.9. The number of carbonyl (C=O) groups is 1. The first-order valence-corrected chi connectivity index (χ1v) is 7.52. The van der Waals surface area contributed by atoms with E-state index in [1.165, 1.54) is 18.4 Å². The molecule has 0 fully saturated rings. The molecule has 2 aromatic heterocycles. The maximum absolute atomic E-state index is 12.0. The molecule has 3 aromatic rings. The highest BCUT2D eigenvalue weighted by Crippen LogP contribution is 2.38. The van der Waals surface area contributed by atoms with E-state index in [0.717, 1.165) is 10.4 Å². The molecule has 0 radical (unpaired) electrons. The summed E-state index contributed by atoms with van der Waals surface area (Å²) in [5.41, 5.74) is 1.20. The number of para-hydroxylation sites is 1. The van der Waals surface area contributed by atoms with Gasteiger partial charge in [0.1, 0.15) is 17.1 Å². The molecule has 3 rings (SSSR count). The van der Waals surface area contributed by atoms with Crippen LogP contribution in [0, 0.1) is 0 Å². The minimum atomic E-state index is -0.423. The molecule has 0 unspecified atom stereocenters.